The quantitative estimate of drug-likeness (QED) is 0.888. The van der Waals surface area contributed by atoms with Crippen LogP contribution in [0.25, 0.3) is 0 Å². The normalized spacial score (nSPS) is 22.3. The summed E-state index contributed by atoms with van der Waals surface area (Å²) in [4.78, 5) is 0. The average molecular weight is 285 g/mol. The number of benzene rings is 1. The molecular formula is C17H23N3O. The molecule has 1 saturated heterocycles. The van der Waals surface area contributed by atoms with Gasteiger partial charge in [0.25, 0.3) is 0 Å². The zero-order valence-electron chi connectivity index (χ0n) is 12.5. The van der Waals surface area contributed by atoms with E-state index in [4.69, 9.17) is 4.74 Å². The van der Waals surface area contributed by atoms with E-state index in [1.807, 2.05) is 6.20 Å². The Labute approximate surface area is 125 Å². The second kappa shape index (κ2) is 6.87. The highest BCUT2D eigenvalue weighted by atomic mass is 16.5. The number of hydrogen-bond donors (Lipinski definition) is 2. The van der Waals surface area contributed by atoms with Crippen LogP contribution in [0.3, 0.4) is 0 Å². The van der Waals surface area contributed by atoms with Crippen LogP contribution in [0.2, 0.25) is 0 Å². The van der Waals surface area contributed by atoms with Gasteiger partial charge in [0.2, 0.25) is 0 Å². The van der Waals surface area contributed by atoms with E-state index in [1.54, 1.807) is 0 Å². The van der Waals surface area contributed by atoms with Gasteiger partial charge in [-0.15, -0.1) is 0 Å². The lowest BCUT2D eigenvalue weighted by Crippen LogP contribution is -2.31. The summed E-state index contributed by atoms with van der Waals surface area (Å²) in [6, 6.07) is 10.6. The van der Waals surface area contributed by atoms with Gasteiger partial charge in [-0.05, 0) is 25.3 Å². The van der Waals surface area contributed by atoms with Crippen molar-refractivity contribution in [3.05, 3.63) is 53.3 Å². The predicted octanol–water partition coefficient (Wildman–Crippen LogP) is 2.98. The molecular weight excluding hydrogens is 262 g/mol. The lowest BCUT2D eigenvalue weighted by molar-refractivity contribution is -0.0278. The molecule has 2 unspecified atom stereocenters. The van der Waals surface area contributed by atoms with E-state index in [2.05, 4.69) is 52.8 Å². The fraction of sp³-hybridized carbons (Fsp3) is 0.471. The zero-order valence-corrected chi connectivity index (χ0v) is 12.5. The number of rotatable bonds is 5. The molecule has 21 heavy (non-hydrogen) atoms. The van der Waals surface area contributed by atoms with E-state index in [0.717, 1.165) is 31.8 Å². The molecule has 0 bridgehead atoms. The number of hydrogen-bond acceptors (Lipinski definition) is 3. The number of aromatic amines is 1. The first kappa shape index (κ1) is 14.3. The highest BCUT2D eigenvalue weighted by molar-refractivity contribution is 5.19. The fourth-order valence-corrected chi connectivity index (χ4v) is 3.01. The first-order valence-corrected chi connectivity index (χ1v) is 7.70. The fourth-order valence-electron chi connectivity index (χ4n) is 3.01. The lowest BCUT2D eigenvalue weighted by atomic mass is 9.89. The maximum Gasteiger partial charge on any atom is 0.0865 e. The topological polar surface area (TPSA) is 49.9 Å². The molecule has 2 atom stereocenters. The van der Waals surface area contributed by atoms with Gasteiger partial charge in [-0.2, -0.15) is 5.10 Å². The molecule has 0 aliphatic carbocycles. The third kappa shape index (κ3) is 3.52. The average Bonchev–Trinajstić information content (AvgIpc) is 2.94. The van der Waals surface area contributed by atoms with Crippen molar-refractivity contribution in [2.75, 3.05) is 13.2 Å². The van der Waals surface area contributed by atoms with Crippen LogP contribution in [0.5, 0.6) is 0 Å². The lowest BCUT2D eigenvalue weighted by Gasteiger charge is -2.32. The zero-order chi connectivity index (χ0) is 14.5. The third-order valence-electron chi connectivity index (χ3n) is 4.23. The molecule has 3 rings (SSSR count). The van der Waals surface area contributed by atoms with Crippen molar-refractivity contribution in [2.24, 2.45) is 5.92 Å². The Balaban J connectivity index is 1.59. The Morgan fingerprint density at radius 2 is 2.19 bits per heavy atom. The molecule has 1 aromatic carbocycles. The molecule has 1 aliphatic rings. The molecule has 0 spiro atoms. The molecule has 2 aromatic rings. The monoisotopic (exact) mass is 285 g/mol. The van der Waals surface area contributed by atoms with Gasteiger partial charge in [-0.1, -0.05) is 30.3 Å². The molecule has 112 valence electrons. The van der Waals surface area contributed by atoms with Gasteiger partial charge in [0.05, 0.1) is 12.3 Å². The number of aromatic nitrogens is 2. The summed E-state index contributed by atoms with van der Waals surface area (Å²) in [6.07, 6.45) is 4.49. The van der Waals surface area contributed by atoms with Crippen LogP contribution in [-0.4, -0.2) is 23.3 Å². The SMILES string of the molecule is Cc1[nH]ncc1CNCC1CCCOC1c1ccccc1. The van der Waals surface area contributed by atoms with Crippen molar-refractivity contribution < 1.29 is 4.74 Å². The van der Waals surface area contributed by atoms with E-state index < -0.39 is 0 Å². The maximum atomic E-state index is 6.03. The van der Waals surface area contributed by atoms with Gasteiger partial charge in [-0.25, -0.2) is 0 Å². The molecule has 1 aromatic heterocycles. The highest BCUT2D eigenvalue weighted by Gasteiger charge is 2.26. The standard InChI is InChI=1S/C17H23N3O/c1-13-16(12-19-20-13)11-18-10-15-8-5-9-21-17(15)14-6-3-2-4-7-14/h2-4,6-7,12,15,17-18H,5,8-11H2,1H3,(H,19,20). The molecule has 1 aliphatic heterocycles. The molecule has 2 N–H and O–H groups in total. The van der Waals surface area contributed by atoms with Crippen LogP contribution in [-0.2, 0) is 11.3 Å². The Kier molecular flexibility index (Phi) is 4.68. The largest absolute Gasteiger partial charge is 0.373 e. The van der Waals surface area contributed by atoms with Gasteiger partial charge in [0.1, 0.15) is 0 Å². The van der Waals surface area contributed by atoms with Gasteiger partial charge in [-0.3, -0.25) is 5.10 Å². The molecule has 2 heterocycles. The van der Waals surface area contributed by atoms with E-state index in [1.165, 1.54) is 17.5 Å². The number of aryl methyl sites for hydroxylation is 1. The van der Waals surface area contributed by atoms with Crippen LogP contribution in [0, 0.1) is 12.8 Å². The van der Waals surface area contributed by atoms with Crippen molar-refractivity contribution in [3.63, 3.8) is 0 Å². The Morgan fingerprint density at radius 1 is 1.33 bits per heavy atom. The summed E-state index contributed by atoms with van der Waals surface area (Å²) in [5, 5.41) is 10.6. The first-order chi connectivity index (χ1) is 10.3. The Bertz CT molecular complexity index is 552. The summed E-state index contributed by atoms with van der Waals surface area (Å²) in [7, 11) is 0. The summed E-state index contributed by atoms with van der Waals surface area (Å²) < 4.78 is 6.03. The van der Waals surface area contributed by atoms with Crippen molar-refractivity contribution in [1.29, 1.82) is 0 Å². The van der Waals surface area contributed by atoms with Crippen molar-refractivity contribution in [1.82, 2.24) is 15.5 Å². The minimum absolute atomic E-state index is 0.220. The maximum absolute atomic E-state index is 6.03. The summed E-state index contributed by atoms with van der Waals surface area (Å²) in [6.45, 7) is 4.77. The predicted molar refractivity (Wildman–Crippen MR) is 82.9 cm³/mol. The van der Waals surface area contributed by atoms with Crippen LogP contribution in [0.1, 0.15) is 35.8 Å². The van der Waals surface area contributed by atoms with Gasteiger partial charge < -0.3 is 10.1 Å². The molecule has 0 saturated carbocycles. The van der Waals surface area contributed by atoms with Gasteiger partial charge in [0, 0.05) is 36.9 Å². The minimum Gasteiger partial charge on any atom is -0.373 e. The molecule has 0 amide bonds. The second-order valence-electron chi connectivity index (χ2n) is 5.76. The molecule has 4 heteroatoms. The number of ether oxygens (including phenoxy) is 1. The molecule has 1 fully saturated rings. The van der Waals surface area contributed by atoms with Crippen LogP contribution < -0.4 is 5.32 Å². The van der Waals surface area contributed by atoms with Crippen molar-refractivity contribution in [2.45, 2.75) is 32.4 Å². The Morgan fingerprint density at radius 3 is 2.95 bits per heavy atom. The van der Waals surface area contributed by atoms with E-state index in [-0.39, 0.29) is 6.10 Å². The number of nitrogens with one attached hydrogen (secondary N) is 2. The first-order valence-electron chi connectivity index (χ1n) is 7.70. The van der Waals surface area contributed by atoms with Crippen molar-refractivity contribution in [3.8, 4) is 0 Å². The smallest absolute Gasteiger partial charge is 0.0865 e. The number of H-pyrrole nitrogens is 1. The Hall–Kier alpha value is -1.65. The third-order valence-corrected chi connectivity index (χ3v) is 4.23. The molecule has 0 radical (unpaired) electrons. The van der Waals surface area contributed by atoms with Crippen LogP contribution in [0.15, 0.2) is 36.5 Å². The van der Waals surface area contributed by atoms with Crippen LogP contribution in [0.4, 0.5) is 0 Å². The van der Waals surface area contributed by atoms with Gasteiger partial charge >= 0.3 is 0 Å². The van der Waals surface area contributed by atoms with E-state index >= 15 is 0 Å². The van der Waals surface area contributed by atoms with Crippen molar-refractivity contribution >= 4 is 0 Å². The summed E-state index contributed by atoms with van der Waals surface area (Å²) >= 11 is 0. The van der Waals surface area contributed by atoms with E-state index in [9.17, 15) is 0 Å². The summed E-state index contributed by atoms with van der Waals surface area (Å²) in [5.74, 6) is 0.536. The number of nitrogens with zero attached hydrogens (tertiary/aromatic N) is 1. The highest BCUT2D eigenvalue weighted by Crippen LogP contribution is 2.33. The van der Waals surface area contributed by atoms with Gasteiger partial charge in [0.15, 0.2) is 0 Å². The molecule has 4 nitrogen and oxygen atoms in total. The summed E-state index contributed by atoms with van der Waals surface area (Å²) in [5.41, 5.74) is 3.67. The van der Waals surface area contributed by atoms with Crippen LogP contribution >= 0.6 is 0 Å². The van der Waals surface area contributed by atoms with E-state index in [0.29, 0.717) is 5.92 Å². The minimum atomic E-state index is 0.220. The second-order valence-corrected chi connectivity index (χ2v) is 5.76.